The molecular weight excluding hydrogens is 370 g/mol. The molecule has 1 amide bonds. The van der Waals surface area contributed by atoms with Gasteiger partial charge in [0.05, 0.1) is 0 Å². The number of phenols is 1. The van der Waals surface area contributed by atoms with E-state index < -0.39 is 24.1 Å². The molecule has 0 saturated heterocycles. The molecule has 0 unspecified atom stereocenters. The minimum absolute atomic E-state index is 0.116. The number of carbonyl (C=O) groups excluding carboxylic acids is 1. The highest BCUT2D eigenvalue weighted by Crippen LogP contribution is 2.36. The number of carboxylic acids is 1. The van der Waals surface area contributed by atoms with Gasteiger partial charge in [0, 0.05) is 28.6 Å². The van der Waals surface area contributed by atoms with Crippen LogP contribution in [-0.2, 0) is 9.53 Å². The van der Waals surface area contributed by atoms with E-state index in [1.165, 1.54) is 12.1 Å². The highest BCUT2D eigenvalue weighted by atomic mass is 16.6. The fourth-order valence-electron chi connectivity index (χ4n) is 3.13. The summed E-state index contributed by atoms with van der Waals surface area (Å²) in [5.41, 5.74) is 1.25. The van der Waals surface area contributed by atoms with Crippen LogP contribution in [0.5, 0.6) is 5.75 Å². The van der Waals surface area contributed by atoms with Gasteiger partial charge < -0.3 is 14.9 Å². The SMILES string of the molecule is C[C@H](/C=C/C(=O)O)[C@H](OC(=O)Nc1ccccc1)c1ccc(O)c2ccccc12. The van der Waals surface area contributed by atoms with Gasteiger partial charge in [-0.15, -0.1) is 0 Å². The molecule has 29 heavy (non-hydrogen) atoms. The number of fused-ring (bicyclic) bond motifs is 1. The highest BCUT2D eigenvalue weighted by Gasteiger charge is 2.25. The van der Waals surface area contributed by atoms with Crippen molar-refractivity contribution in [3.8, 4) is 5.75 Å². The van der Waals surface area contributed by atoms with E-state index in [-0.39, 0.29) is 5.75 Å². The molecule has 0 saturated carbocycles. The van der Waals surface area contributed by atoms with E-state index >= 15 is 0 Å². The van der Waals surface area contributed by atoms with Gasteiger partial charge in [0.15, 0.2) is 0 Å². The van der Waals surface area contributed by atoms with Crippen molar-refractivity contribution in [1.82, 2.24) is 0 Å². The van der Waals surface area contributed by atoms with Crippen molar-refractivity contribution in [2.24, 2.45) is 5.92 Å². The van der Waals surface area contributed by atoms with Crippen molar-refractivity contribution in [3.63, 3.8) is 0 Å². The topological polar surface area (TPSA) is 95.9 Å². The average Bonchev–Trinajstić information content (AvgIpc) is 2.72. The van der Waals surface area contributed by atoms with Crippen LogP contribution in [-0.4, -0.2) is 22.3 Å². The molecule has 148 valence electrons. The van der Waals surface area contributed by atoms with E-state index in [1.807, 2.05) is 18.2 Å². The summed E-state index contributed by atoms with van der Waals surface area (Å²) < 4.78 is 5.71. The Bertz CT molecular complexity index is 1050. The van der Waals surface area contributed by atoms with E-state index in [1.54, 1.807) is 49.4 Å². The van der Waals surface area contributed by atoms with Gasteiger partial charge in [-0.25, -0.2) is 9.59 Å². The minimum atomic E-state index is -1.08. The average molecular weight is 391 g/mol. The molecule has 0 heterocycles. The molecule has 0 aliphatic rings. The molecule has 3 aromatic carbocycles. The van der Waals surface area contributed by atoms with Crippen LogP contribution in [0.4, 0.5) is 10.5 Å². The summed E-state index contributed by atoms with van der Waals surface area (Å²) >= 11 is 0. The monoisotopic (exact) mass is 391 g/mol. The van der Waals surface area contributed by atoms with Gasteiger partial charge in [0.2, 0.25) is 0 Å². The van der Waals surface area contributed by atoms with Crippen LogP contribution < -0.4 is 5.32 Å². The number of hydrogen-bond donors (Lipinski definition) is 3. The molecule has 0 aliphatic carbocycles. The second-order valence-corrected chi connectivity index (χ2v) is 6.59. The number of carboxylic acid groups (broad SMARTS) is 1. The first-order valence-corrected chi connectivity index (χ1v) is 9.10. The van der Waals surface area contributed by atoms with Gasteiger partial charge in [-0.1, -0.05) is 61.5 Å². The number of phenolic OH excluding ortho intramolecular Hbond substituents is 1. The smallest absolute Gasteiger partial charge is 0.412 e. The van der Waals surface area contributed by atoms with E-state index in [4.69, 9.17) is 9.84 Å². The molecule has 0 fully saturated rings. The van der Waals surface area contributed by atoms with Crippen LogP contribution in [0.1, 0.15) is 18.6 Å². The third kappa shape index (κ3) is 4.93. The lowest BCUT2D eigenvalue weighted by molar-refractivity contribution is -0.131. The summed E-state index contributed by atoms with van der Waals surface area (Å²) in [7, 11) is 0. The van der Waals surface area contributed by atoms with Gasteiger partial charge in [-0.2, -0.15) is 0 Å². The molecule has 2 atom stereocenters. The summed E-state index contributed by atoms with van der Waals surface area (Å²) in [6.07, 6.45) is 1.08. The van der Waals surface area contributed by atoms with E-state index in [0.717, 1.165) is 11.5 Å². The van der Waals surface area contributed by atoms with Crippen LogP contribution in [0.2, 0.25) is 0 Å². The van der Waals surface area contributed by atoms with Crippen molar-refractivity contribution in [1.29, 1.82) is 0 Å². The lowest BCUT2D eigenvalue weighted by Crippen LogP contribution is -2.21. The van der Waals surface area contributed by atoms with E-state index in [0.29, 0.717) is 16.6 Å². The van der Waals surface area contributed by atoms with E-state index in [9.17, 15) is 14.7 Å². The first-order chi connectivity index (χ1) is 14.0. The zero-order valence-corrected chi connectivity index (χ0v) is 15.8. The first-order valence-electron chi connectivity index (χ1n) is 9.10. The number of benzene rings is 3. The number of anilines is 1. The Morgan fingerprint density at radius 1 is 0.966 bits per heavy atom. The number of aromatic hydroxyl groups is 1. The molecule has 3 N–H and O–H groups in total. The number of rotatable bonds is 6. The summed E-state index contributed by atoms with van der Waals surface area (Å²) in [6, 6.07) is 19.3. The molecule has 3 aromatic rings. The van der Waals surface area contributed by atoms with Gasteiger partial charge >= 0.3 is 12.1 Å². The third-order valence-corrected chi connectivity index (χ3v) is 4.52. The van der Waals surface area contributed by atoms with Gasteiger partial charge in [-0.05, 0) is 23.6 Å². The fourth-order valence-corrected chi connectivity index (χ4v) is 3.13. The number of aliphatic carboxylic acids is 1. The largest absolute Gasteiger partial charge is 0.507 e. The molecular formula is C23H21NO5. The number of amides is 1. The van der Waals surface area contributed by atoms with Gasteiger partial charge in [0.1, 0.15) is 11.9 Å². The Morgan fingerprint density at radius 3 is 2.31 bits per heavy atom. The van der Waals surface area contributed by atoms with Crippen LogP contribution in [0, 0.1) is 5.92 Å². The molecule has 0 radical (unpaired) electrons. The first kappa shape index (κ1) is 19.9. The predicted octanol–water partition coefficient (Wildman–Crippen LogP) is 5.11. The lowest BCUT2D eigenvalue weighted by atomic mass is 9.92. The van der Waals surface area contributed by atoms with Gasteiger partial charge in [-0.3, -0.25) is 5.32 Å². The zero-order valence-electron chi connectivity index (χ0n) is 15.8. The van der Waals surface area contributed by atoms with Crippen LogP contribution in [0.25, 0.3) is 10.8 Å². The second-order valence-electron chi connectivity index (χ2n) is 6.59. The fraction of sp³-hybridized carbons (Fsp3) is 0.130. The molecule has 0 aromatic heterocycles. The van der Waals surface area contributed by atoms with Crippen LogP contribution >= 0.6 is 0 Å². The molecule has 3 rings (SSSR count). The van der Waals surface area contributed by atoms with Crippen molar-refractivity contribution < 1.29 is 24.5 Å². The normalized spacial score (nSPS) is 13.1. The number of carbonyl (C=O) groups is 2. The summed E-state index contributed by atoms with van der Waals surface area (Å²) in [4.78, 5) is 23.5. The number of para-hydroxylation sites is 1. The third-order valence-electron chi connectivity index (χ3n) is 4.52. The zero-order chi connectivity index (χ0) is 20.8. The second kappa shape index (κ2) is 8.93. The van der Waals surface area contributed by atoms with Gasteiger partial charge in [0.25, 0.3) is 0 Å². The highest BCUT2D eigenvalue weighted by molar-refractivity contribution is 5.91. The quantitative estimate of drug-likeness (QED) is 0.507. The Labute approximate surface area is 168 Å². The minimum Gasteiger partial charge on any atom is -0.507 e. The summed E-state index contributed by atoms with van der Waals surface area (Å²) in [5.74, 6) is -1.40. The summed E-state index contributed by atoms with van der Waals surface area (Å²) in [5, 5.41) is 23.1. The number of nitrogens with one attached hydrogen (secondary N) is 1. The molecule has 0 spiro atoms. The molecule has 6 heteroatoms. The van der Waals surface area contributed by atoms with Crippen molar-refractivity contribution in [2.45, 2.75) is 13.0 Å². The number of ether oxygens (including phenoxy) is 1. The maximum absolute atomic E-state index is 12.5. The standard InChI is InChI=1S/C23H21NO5/c1-15(11-14-21(26)27)22(29-23(28)24-16-7-3-2-4-8-16)19-12-13-20(25)18-10-6-5-9-17(18)19/h2-15,22,25H,1H3,(H,24,28)(H,26,27)/b14-11+/t15-,22+/m1/s1. The maximum Gasteiger partial charge on any atom is 0.412 e. The predicted molar refractivity (Wildman–Crippen MR) is 111 cm³/mol. The lowest BCUT2D eigenvalue weighted by Gasteiger charge is -2.24. The summed E-state index contributed by atoms with van der Waals surface area (Å²) in [6.45, 7) is 1.77. The molecule has 0 bridgehead atoms. The van der Waals surface area contributed by atoms with Crippen molar-refractivity contribution in [2.75, 3.05) is 5.32 Å². The Hall–Kier alpha value is -3.80. The Morgan fingerprint density at radius 2 is 1.62 bits per heavy atom. The number of hydrogen-bond acceptors (Lipinski definition) is 4. The van der Waals surface area contributed by atoms with Crippen molar-refractivity contribution >= 4 is 28.5 Å². The van der Waals surface area contributed by atoms with Crippen molar-refractivity contribution in [3.05, 3.63) is 84.4 Å². The maximum atomic E-state index is 12.5. The van der Waals surface area contributed by atoms with Crippen LogP contribution in [0.15, 0.2) is 78.9 Å². The molecule has 6 nitrogen and oxygen atoms in total. The van der Waals surface area contributed by atoms with E-state index in [2.05, 4.69) is 5.32 Å². The molecule has 0 aliphatic heterocycles. The Kier molecular flexibility index (Phi) is 6.14. The van der Waals surface area contributed by atoms with Crippen LogP contribution in [0.3, 0.4) is 0 Å². The Balaban J connectivity index is 1.96.